The van der Waals surface area contributed by atoms with Gasteiger partial charge in [0.2, 0.25) is 5.91 Å². The Hall–Kier alpha value is -4.64. The number of nitrogens with one attached hydrogen (secondary N) is 1. The van der Waals surface area contributed by atoms with E-state index in [1.165, 1.54) is 11.4 Å². The van der Waals surface area contributed by atoms with Crippen LogP contribution < -0.4 is 11.1 Å². The maximum atomic E-state index is 13.4. The van der Waals surface area contributed by atoms with Crippen LogP contribution in [0, 0.1) is 0 Å². The third kappa shape index (κ3) is 6.05. The minimum absolute atomic E-state index is 0.120. The van der Waals surface area contributed by atoms with Crippen molar-refractivity contribution in [2.24, 2.45) is 0 Å². The van der Waals surface area contributed by atoms with Crippen molar-refractivity contribution < 1.29 is 19.5 Å². The number of carbonyl (C=O) groups is 3. The molecular formula is C33H39N7O4. The number of nitrogen functional groups attached to an aromatic ring is 1. The SMILES string of the molecule is CCC(=O)NCCC(O)(CC)C(=O)N1CCC(c2nc3c(-c4ccc(-c5ccccc5)nc4)cnn3c(N)c2C(C)=O)CC1. The fourth-order valence-electron chi connectivity index (χ4n) is 5.84. The first-order chi connectivity index (χ1) is 21.2. The number of hydrogen-bond donors (Lipinski definition) is 3. The summed E-state index contributed by atoms with van der Waals surface area (Å²) in [6.07, 6.45) is 5.29. The Kier molecular flexibility index (Phi) is 9.05. The van der Waals surface area contributed by atoms with Gasteiger partial charge in [0.05, 0.1) is 23.1 Å². The van der Waals surface area contributed by atoms with Crippen LogP contribution in [0.1, 0.15) is 74.8 Å². The number of nitrogens with two attached hydrogens (primary N) is 1. The summed E-state index contributed by atoms with van der Waals surface area (Å²) in [5.41, 5.74) is 9.88. The number of Topliss-reactive ketones (excluding diaryl/α,β-unsaturated/α-hetero) is 1. The van der Waals surface area contributed by atoms with Gasteiger partial charge in [-0.2, -0.15) is 9.61 Å². The molecule has 230 valence electrons. The highest BCUT2D eigenvalue weighted by molar-refractivity contribution is 6.00. The van der Waals surface area contributed by atoms with Crippen LogP contribution in [0.2, 0.25) is 0 Å². The lowest BCUT2D eigenvalue weighted by Gasteiger charge is -2.37. The second-order valence-electron chi connectivity index (χ2n) is 11.3. The molecule has 1 aromatic carbocycles. The lowest BCUT2D eigenvalue weighted by atomic mass is 9.87. The molecule has 5 rings (SSSR count). The number of nitrogens with zero attached hydrogens (tertiary/aromatic N) is 5. The number of aromatic nitrogens is 4. The Morgan fingerprint density at radius 1 is 1.05 bits per heavy atom. The van der Waals surface area contributed by atoms with Crippen LogP contribution in [-0.2, 0) is 9.59 Å². The van der Waals surface area contributed by atoms with Gasteiger partial charge in [-0.3, -0.25) is 19.4 Å². The molecule has 0 aliphatic carbocycles. The van der Waals surface area contributed by atoms with Gasteiger partial charge in [0.15, 0.2) is 11.4 Å². The van der Waals surface area contributed by atoms with Crippen LogP contribution in [0.4, 0.5) is 5.82 Å². The standard InChI is InChI=1S/C33H39N7O4/c1-4-27(42)35-16-15-33(44,5-2)32(43)39-17-13-23(14-18-39)29-28(21(3)41)30(34)40-31(38-29)25(20-37-40)24-11-12-26(36-19-24)22-9-7-6-8-10-22/h6-12,19-20,23,44H,4-5,13-18,34H2,1-3H3,(H,35,42). The maximum absolute atomic E-state index is 13.4. The zero-order valence-corrected chi connectivity index (χ0v) is 25.4. The topological polar surface area (TPSA) is 156 Å². The number of benzene rings is 1. The summed E-state index contributed by atoms with van der Waals surface area (Å²) >= 11 is 0. The molecule has 11 heteroatoms. The van der Waals surface area contributed by atoms with Gasteiger partial charge in [-0.1, -0.05) is 50.2 Å². The van der Waals surface area contributed by atoms with Crippen molar-refractivity contribution in [1.82, 2.24) is 29.8 Å². The smallest absolute Gasteiger partial charge is 0.254 e. The molecule has 1 fully saturated rings. The number of ketones is 1. The van der Waals surface area contributed by atoms with Gasteiger partial charge in [-0.25, -0.2) is 4.98 Å². The molecular weight excluding hydrogens is 558 g/mol. The van der Waals surface area contributed by atoms with Gasteiger partial charge < -0.3 is 21.1 Å². The number of anilines is 1. The van der Waals surface area contributed by atoms with Gasteiger partial charge in [0.1, 0.15) is 11.4 Å². The minimum atomic E-state index is -1.56. The van der Waals surface area contributed by atoms with E-state index in [-0.39, 0.29) is 48.7 Å². The van der Waals surface area contributed by atoms with E-state index in [0.717, 1.165) is 22.4 Å². The summed E-state index contributed by atoms with van der Waals surface area (Å²) in [7, 11) is 0. The normalized spacial score (nSPS) is 15.2. The summed E-state index contributed by atoms with van der Waals surface area (Å²) in [5, 5.41) is 18.3. The van der Waals surface area contributed by atoms with Gasteiger partial charge >= 0.3 is 0 Å². The monoisotopic (exact) mass is 597 g/mol. The van der Waals surface area contributed by atoms with E-state index in [4.69, 9.17) is 10.7 Å². The van der Waals surface area contributed by atoms with Gasteiger partial charge in [-0.15, -0.1) is 0 Å². The van der Waals surface area contributed by atoms with E-state index in [2.05, 4.69) is 15.4 Å². The number of pyridine rings is 1. The number of amides is 2. The number of piperidine rings is 1. The summed E-state index contributed by atoms with van der Waals surface area (Å²) in [6, 6.07) is 13.8. The number of rotatable bonds is 10. The fraction of sp³-hybridized carbons (Fsp3) is 0.394. The Balaban J connectivity index is 1.39. The van der Waals surface area contributed by atoms with Crippen LogP contribution in [0.15, 0.2) is 54.9 Å². The summed E-state index contributed by atoms with van der Waals surface area (Å²) < 4.78 is 1.50. The Bertz CT molecular complexity index is 1660. The van der Waals surface area contributed by atoms with E-state index in [9.17, 15) is 19.5 Å². The quantitative estimate of drug-likeness (QED) is 0.232. The molecule has 1 unspecified atom stereocenters. The molecule has 1 aliphatic rings. The molecule has 11 nitrogen and oxygen atoms in total. The fourth-order valence-corrected chi connectivity index (χ4v) is 5.84. The highest BCUT2D eigenvalue weighted by atomic mass is 16.3. The molecule has 4 N–H and O–H groups in total. The lowest BCUT2D eigenvalue weighted by Crippen LogP contribution is -2.52. The molecule has 1 saturated heterocycles. The predicted octanol–water partition coefficient (Wildman–Crippen LogP) is 4.01. The zero-order valence-electron chi connectivity index (χ0n) is 25.4. The first-order valence-corrected chi connectivity index (χ1v) is 15.1. The number of carbonyl (C=O) groups excluding carboxylic acids is 3. The summed E-state index contributed by atoms with van der Waals surface area (Å²) in [4.78, 5) is 49.1. The highest BCUT2D eigenvalue weighted by Crippen LogP contribution is 2.35. The maximum Gasteiger partial charge on any atom is 0.254 e. The van der Waals surface area contributed by atoms with Gasteiger partial charge in [0, 0.05) is 61.3 Å². The third-order valence-electron chi connectivity index (χ3n) is 8.54. The Labute approximate surface area is 256 Å². The molecule has 2 amide bonds. The number of likely N-dealkylation sites (tertiary alicyclic amines) is 1. The average Bonchev–Trinajstić information content (AvgIpc) is 3.49. The van der Waals surface area contributed by atoms with Crippen LogP contribution >= 0.6 is 0 Å². The zero-order chi connectivity index (χ0) is 31.4. The van der Waals surface area contributed by atoms with Crippen LogP contribution in [-0.4, -0.2) is 72.4 Å². The van der Waals surface area contributed by atoms with Crippen molar-refractivity contribution in [2.45, 2.75) is 64.4 Å². The molecule has 4 aromatic rings. The van der Waals surface area contributed by atoms with Crippen molar-refractivity contribution in [3.63, 3.8) is 0 Å². The van der Waals surface area contributed by atoms with Crippen molar-refractivity contribution in [3.05, 3.63) is 66.1 Å². The molecule has 1 atom stereocenters. The van der Waals surface area contributed by atoms with E-state index < -0.39 is 5.60 Å². The van der Waals surface area contributed by atoms with Gasteiger partial charge in [0.25, 0.3) is 5.91 Å². The molecule has 0 saturated carbocycles. The molecule has 4 heterocycles. The average molecular weight is 598 g/mol. The van der Waals surface area contributed by atoms with Crippen molar-refractivity contribution in [3.8, 4) is 22.4 Å². The molecule has 44 heavy (non-hydrogen) atoms. The molecule has 3 aromatic heterocycles. The van der Waals surface area contributed by atoms with E-state index >= 15 is 0 Å². The highest BCUT2D eigenvalue weighted by Gasteiger charge is 2.39. The number of fused-ring (bicyclic) bond motifs is 1. The lowest BCUT2D eigenvalue weighted by molar-refractivity contribution is -0.153. The van der Waals surface area contributed by atoms with E-state index in [1.54, 1.807) is 31.1 Å². The minimum Gasteiger partial charge on any atom is -0.383 e. The first-order valence-electron chi connectivity index (χ1n) is 15.1. The molecule has 0 spiro atoms. The van der Waals surface area contributed by atoms with Crippen molar-refractivity contribution in [2.75, 3.05) is 25.4 Å². The largest absolute Gasteiger partial charge is 0.383 e. The Morgan fingerprint density at radius 3 is 2.39 bits per heavy atom. The molecule has 0 bridgehead atoms. The Morgan fingerprint density at radius 2 is 1.77 bits per heavy atom. The summed E-state index contributed by atoms with van der Waals surface area (Å²) in [5.74, 6) is -0.562. The van der Waals surface area contributed by atoms with Crippen LogP contribution in [0.25, 0.3) is 28.0 Å². The van der Waals surface area contributed by atoms with Gasteiger partial charge in [-0.05, 0) is 32.3 Å². The molecule has 1 aliphatic heterocycles. The van der Waals surface area contributed by atoms with E-state index in [1.807, 2.05) is 42.5 Å². The van der Waals surface area contributed by atoms with Crippen molar-refractivity contribution >= 4 is 29.1 Å². The van der Waals surface area contributed by atoms with E-state index in [0.29, 0.717) is 49.3 Å². The first kappa shape index (κ1) is 30.8. The number of hydrogen-bond acceptors (Lipinski definition) is 8. The second-order valence-corrected chi connectivity index (χ2v) is 11.3. The second kappa shape index (κ2) is 12.9. The number of aliphatic hydroxyl groups is 1. The third-order valence-corrected chi connectivity index (χ3v) is 8.54. The predicted molar refractivity (Wildman–Crippen MR) is 168 cm³/mol. The van der Waals surface area contributed by atoms with Crippen molar-refractivity contribution in [1.29, 1.82) is 0 Å². The summed E-state index contributed by atoms with van der Waals surface area (Å²) in [6.45, 7) is 6.01. The van der Waals surface area contributed by atoms with Crippen LogP contribution in [0.3, 0.4) is 0 Å². The van der Waals surface area contributed by atoms with Crippen LogP contribution in [0.5, 0.6) is 0 Å². The molecule has 0 radical (unpaired) electrons.